The van der Waals surface area contributed by atoms with Gasteiger partial charge < -0.3 is 14.5 Å². The molecular weight excluding hydrogens is 320 g/mol. The van der Waals surface area contributed by atoms with Crippen molar-refractivity contribution in [2.75, 3.05) is 32.8 Å². The molecule has 0 saturated carbocycles. The molecule has 0 spiro atoms. The lowest BCUT2D eigenvalue weighted by Gasteiger charge is -2.17. The maximum atomic E-state index is 12.4. The summed E-state index contributed by atoms with van der Waals surface area (Å²) >= 11 is 0. The first-order valence-corrected chi connectivity index (χ1v) is 7.97. The Labute approximate surface area is 130 Å². The second kappa shape index (κ2) is 7.79. The van der Waals surface area contributed by atoms with E-state index in [1.165, 1.54) is 16.4 Å². The molecule has 0 atom stereocenters. The number of esters is 1. The fourth-order valence-electron chi connectivity index (χ4n) is 1.96. The van der Waals surface area contributed by atoms with Gasteiger partial charge in [-0.2, -0.15) is 4.31 Å². The Morgan fingerprint density at radius 2 is 2.14 bits per heavy atom. The van der Waals surface area contributed by atoms with Gasteiger partial charge in [0.2, 0.25) is 10.9 Å². The van der Waals surface area contributed by atoms with E-state index in [1.807, 2.05) is 0 Å². The van der Waals surface area contributed by atoms with Gasteiger partial charge in [0.15, 0.2) is 0 Å². The van der Waals surface area contributed by atoms with Gasteiger partial charge >= 0.3 is 5.97 Å². The van der Waals surface area contributed by atoms with Gasteiger partial charge in [-0.3, -0.25) is 0 Å². The number of ether oxygens (including phenoxy) is 1. The summed E-state index contributed by atoms with van der Waals surface area (Å²) in [6, 6.07) is 2.61. The number of rotatable bonds is 4. The summed E-state index contributed by atoms with van der Waals surface area (Å²) in [5, 5.41) is 2.91. The number of halogens is 1. The van der Waals surface area contributed by atoms with E-state index in [2.05, 4.69) is 5.32 Å². The van der Waals surface area contributed by atoms with Crippen molar-refractivity contribution in [2.45, 2.75) is 18.4 Å². The minimum Gasteiger partial charge on any atom is -0.460 e. The SMILES string of the molecule is CCOC(=O)c1ccc(S(=O)(=O)N2CCCNCC2)o1.Cl. The fraction of sp³-hybridized carbons (Fsp3) is 0.583. The first kappa shape index (κ1) is 18.0. The number of carbonyl (C=O) groups is 1. The van der Waals surface area contributed by atoms with Gasteiger partial charge in [-0.25, -0.2) is 13.2 Å². The van der Waals surface area contributed by atoms with E-state index in [4.69, 9.17) is 9.15 Å². The smallest absolute Gasteiger partial charge is 0.374 e. The summed E-state index contributed by atoms with van der Waals surface area (Å²) in [5.74, 6) is -0.759. The molecule has 2 rings (SSSR count). The zero-order chi connectivity index (χ0) is 14.6. The Bertz CT molecular complexity index is 564. The van der Waals surface area contributed by atoms with E-state index < -0.39 is 16.0 Å². The first-order valence-electron chi connectivity index (χ1n) is 6.53. The van der Waals surface area contributed by atoms with Crippen LogP contribution >= 0.6 is 12.4 Å². The van der Waals surface area contributed by atoms with E-state index in [9.17, 15) is 13.2 Å². The van der Waals surface area contributed by atoms with Gasteiger partial charge in [-0.15, -0.1) is 12.4 Å². The lowest BCUT2D eigenvalue weighted by Crippen LogP contribution is -2.34. The molecule has 21 heavy (non-hydrogen) atoms. The third-order valence-corrected chi connectivity index (χ3v) is 4.72. The summed E-state index contributed by atoms with van der Waals surface area (Å²) in [7, 11) is -3.69. The van der Waals surface area contributed by atoms with Crippen LogP contribution < -0.4 is 5.32 Å². The molecular formula is C12H19ClN2O5S. The molecule has 0 radical (unpaired) electrons. The van der Waals surface area contributed by atoms with E-state index in [0.717, 1.165) is 13.0 Å². The van der Waals surface area contributed by atoms with Crippen molar-refractivity contribution in [3.05, 3.63) is 17.9 Å². The molecule has 2 heterocycles. The molecule has 0 unspecified atom stereocenters. The average molecular weight is 339 g/mol. The molecule has 120 valence electrons. The molecule has 0 amide bonds. The predicted octanol–water partition coefficient (Wildman–Crippen LogP) is 0.862. The molecule has 1 saturated heterocycles. The molecule has 1 aromatic rings. The number of nitrogens with one attached hydrogen (secondary N) is 1. The van der Waals surface area contributed by atoms with E-state index in [1.54, 1.807) is 6.92 Å². The second-order valence-electron chi connectivity index (χ2n) is 4.35. The molecule has 1 fully saturated rings. The third-order valence-electron chi connectivity index (χ3n) is 2.95. The van der Waals surface area contributed by atoms with Crippen molar-refractivity contribution in [1.29, 1.82) is 0 Å². The number of hydrogen-bond acceptors (Lipinski definition) is 6. The number of nitrogens with zero attached hydrogens (tertiary/aromatic N) is 1. The Balaban J connectivity index is 0.00000220. The Hall–Kier alpha value is -1.09. The topological polar surface area (TPSA) is 88.9 Å². The van der Waals surface area contributed by atoms with Crippen molar-refractivity contribution in [2.24, 2.45) is 0 Å². The largest absolute Gasteiger partial charge is 0.460 e. The molecule has 0 aromatic carbocycles. The average Bonchev–Trinajstić information content (AvgIpc) is 2.75. The van der Waals surface area contributed by atoms with E-state index in [-0.39, 0.29) is 29.9 Å². The number of hydrogen-bond donors (Lipinski definition) is 1. The normalized spacial score (nSPS) is 16.8. The number of sulfonamides is 1. The second-order valence-corrected chi connectivity index (χ2v) is 6.22. The molecule has 1 aliphatic rings. The number of carbonyl (C=O) groups excluding carboxylic acids is 1. The standard InChI is InChI=1S/C12H18N2O5S.ClH/c1-2-18-12(15)10-4-5-11(19-10)20(16,17)14-8-3-6-13-7-9-14;/h4-5,13H,2-3,6-9H2,1H3;1H. The molecule has 9 heteroatoms. The molecule has 0 aliphatic carbocycles. The highest BCUT2D eigenvalue weighted by Crippen LogP contribution is 2.20. The van der Waals surface area contributed by atoms with Crippen LogP contribution in [0, 0.1) is 0 Å². The van der Waals surface area contributed by atoms with Gasteiger partial charge in [0, 0.05) is 19.6 Å². The summed E-state index contributed by atoms with van der Waals surface area (Å²) in [6.07, 6.45) is 0.741. The van der Waals surface area contributed by atoms with E-state index >= 15 is 0 Å². The van der Waals surface area contributed by atoms with Crippen molar-refractivity contribution in [1.82, 2.24) is 9.62 Å². The fourth-order valence-corrected chi connectivity index (χ4v) is 3.35. The van der Waals surface area contributed by atoms with Crippen molar-refractivity contribution in [3.63, 3.8) is 0 Å². The maximum Gasteiger partial charge on any atom is 0.374 e. The van der Waals surface area contributed by atoms with Crippen LogP contribution in [0.25, 0.3) is 0 Å². The van der Waals surface area contributed by atoms with Gasteiger partial charge in [0.05, 0.1) is 6.61 Å². The molecule has 1 aliphatic heterocycles. The zero-order valence-electron chi connectivity index (χ0n) is 11.7. The van der Waals surface area contributed by atoms with E-state index in [0.29, 0.717) is 19.6 Å². The van der Waals surface area contributed by atoms with Crippen LogP contribution in [0.15, 0.2) is 21.6 Å². The van der Waals surface area contributed by atoms with Crippen LogP contribution in [0.3, 0.4) is 0 Å². The van der Waals surface area contributed by atoms with Crippen molar-refractivity contribution >= 4 is 28.4 Å². The van der Waals surface area contributed by atoms with Crippen LogP contribution in [0.2, 0.25) is 0 Å². The highest BCUT2D eigenvalue weighted by Gasteiger charge is 2.29. The molecule has 1 N–H and O–H groups in total. The van der Waals surface area contributed by atoms with Gasteiger partial charge in [-0.05, 0) is 32.0 Å². The zero-order valence-corrected chi connectivity index (χ0v) is 13.3. The quantitative estimate of drug-likeness (QED) is 0.819. The third kappa shape index (κ3) is 4.19. The summed E-state index contributed by atoms with van der Waals surface area (Å²) in [6.45, 7) is 4.09. The predicted molar refractivity (Wildman–Crippen MR) is 78.2 cm³/mol. The monoisotopic (exact) mass is 338 g/mol. The first-order chi connectivity index (χ1) is 9.55. The maximum absolute atomic E-state index is 12.4. The molecule has 1 aromatic heterocycles. The van der Waals surface area contributed by atoms with Crippen molar-refractivity contribution < 1.29 is 22.4 Å². The Morgan fingerprint density at radius 1 is 1.38 bits per heavy atom. The lowest BCUT2D eigenvalue weighted by atomic mass is 10.4. The lowest BCUT2D eigenvalue weighted by molar-refractivity contribution is 0.0483. The minimum atomic E-state index is -3.69. The van der Waals surface area contributed by atoms with Gasteiger partial charge in [0.25, 0.3) is 10.0 Å². The van der Waals surface area contributed by atoms with Crippen LogP contribution in [-0.4, -0.2) is 51.5 Å². The Morgan fingerprint density at radius 3 is 2.86 bits per heavy atom. The summed E-state index contributed by atoms with van der Waals surface area (Å²) < 4.78 is 36.0. The van der Waals surface area contributed by atoms with Crippen LogP contribution in [0.1, 0.15) is 23.9 Å². The Kier molecular flexibility index (Phi) is 6.66. The minimum absolute atomic E-state index is 0. The van der Waals surface area contributed by atoms with Crippen LogP contribution in [-0.2, 0) is 14.8 Å². The summed E-state index contributed by atoms with van der Waals surface area (Å²) in [4.78, 5) is 11.5. The number of furan rings is 1. The van der Waals surface area contributed by atoms with Gasteiger partial charge in [-0.1, -0.05) is 0 Å². The molecule has 7 nitrogen and oxygen atoms in total. The van der Waals surface area contributed by atoms with Gasteiger partial charge in [0.1, 0.15) is 0 Å². The highest BCUT2D eigenvalue weighted by molar-refractivity contribution is 7.89. The molecule has 0 bridgehead atoms. The van der Waals surface area contributed by atoms with Crippen LogP contribution in [0.5, 0.6) is 0 Å². The highest BCUT2D eigenvalue weighted by atomic mass is 35.5. The van der Waals surface area contributed by atoms with Crippen LogP contribution in [0.4, 0.5) is 0 Å². The summed E-state index contributed by atoms with van der Waals surface area (Å²) in [5.41, 5.74) is 0. The van der Waals surface area contributed by atoms with Crippen molar-refractivity contribution in [3.8, 4) is 0 Å².